The molecule has 94 valence electrons. The number of carbonyl (C=O) groups is 1. The van der Waals surface area contributed by atoms with Gasteiger partial charge >= 0.3 is 5.97 Å². The molecule has 0 aromatic rings. The van der Waals surface area contributed by atoms with E-state index in [-0.39, 0.29) is 11.9 Å². The first kappa shape index (κ1) is 13.5. The molecule has 0 heterocycles. The molecule has 0 saturated heterocycles. The average molecular weight is 227 g/mol. The van der Waals surface area contributed by atoms with E-state index in [0.29, 0.717) is 19.1 Å². The molecule has 0 aromatic heterocycles. The van der Waals surface area contributed by atoms with Gasteiger partial charge in [0.1, 0.15) is 0 Å². The highest BCUT2D eigenvalue weighted by molar-refractivity contribution is 5.72. The van der Waals surface area contributed by atoms with Gasteiger partial charge in [-0.1, -0.05) is 32.6 Å². The molecule has 1 unspecified atom stereocenters. The molecule has 1 saturated carbocycles. The van der Waals surface area contributed by atoms with Crippen LogP contribution < -0.4 is 5.73 Å². The Hall–Kier alpha value is -0.570. The first-order chi connectivity index (χ1) is 7.77. The molecule has 1 atom stereocenters. The smallest absolute Gasteiger partial charge is 0.310 e. The highest BCUT2D eigenvalue weighted by Gasteiger charge is 2.20. The second-order valence-electron chi connectivity index (χ2n) is 4.86. The van der Waals surface area contributed by atoms with Crippen molar-refractivity contribution in [3.63, 3.8) is 0 Å². The predicted molar refractivity (Wildman–Crippen MR) is 65.0 cm³/mol. The Morgan fingerprint density at radius 1 is 1.38 bits per heavy atom. The quantitative estimate of drug-likeness (QED) is 0.709. The fourth-order valence-electron chi connectivity index (χ4n) is 2.35. The molecule has 0 radical (unpaired) electrons. The molecule has 1 aliphatic carbocycles. The minimum absolute atomic E-state index is 0.0880. The van der Waals surface area contributed by atoms with Crippen LogP contribution in [0.25, 0.3) is 0 Å². The van der Waals surface area contributed by atoms with Crippen molar-refractivity contribution in [2.75, 3.05) is 13.2 Å². The Bertz CT molecular complexity index is 200. The Morgan fingerprint density at radius 3 is 2.62 bits per heavy atom. The molecule has 0 aliphatic heterocycles. The van der Waals surface area contributed by atoms with Gasteiger partial charge in [-0.05, 0) is 25.2 Å². The van der Waals surface area contributed by atoms with Crippen LogP contribution in [0.1, 0.15) is 51.9 Å². The van der Waals surface area contributed by atoms with Crippen molar-refractivity contribution in [2.24, 2.45) is 17.6 Å². The van der Waals surface area contributed by atoms with Crippen molar-refractivity contribution in [1.82, 2.24) is 0 Å². The summed E-state index contributed by atoms with van der Waals surface area (Å²) in [6.07, 6.45) is 8.18. The van der Waals surface area contributed by atoms with Crippen molar-refractivity contribution in [3.8, 4) is 0 Å². The van der Waals surface area contributed by atoms with E-state index in [1.54, 1.807) is 0 Å². The zero-order valence-electron chi connectivity index (χ0n) is 10.4. The summed E-state index contributed by atoms with van der Waals surface area (Å²) >= 11 is 0. The molecule has 1 aliphatic rings. The lowest BCUT2D eigenvalue weighted by atomic mass is 9.90. The topological polar surface area (TPSA) is 52.3 Å². The van der Waals surface area contributed by atoms with Crippen LogP contribution in [0.2, 0.25) is 0 Å². The third-order valence-corrected chi connectivity index (χ3v) is 3.44. The Labute approximate surface area is 98.7 Å². The van der Waals surface area contributed by atoms with E-state index in [1.807, 2.05) is 0 Å². The van der Waals surface area contributed by atoms with Crippen LogP contribution in [-0.2, 0) is 9.53 Å². The van der Waals surface area contributed by atoms with Gasteiger partial charge in [0.05, 0.1) is 12.5 Å². The number of nitrogens with two attached hydrogens (primary N) is 1. The highest BCUT2D eigenvalue weighted by atomic mass is 16.5. The van der Waals surface area contributed by atoms with Gasteiger partial charge in [0.15, 0.2) is 0 Å². The molecule has 0 bridgehead atoms. The van der Waals surface area contributed by atoms with E-state index >= 15 is 0 Å². The van der Waals surface area contributed by atoms with Crippen LogP contribution in [0.5, 0.6) is 0 Å². The summed E-state index contributed by atoms with van der Waals surface area (Å²) in [7, 11) is 0. The molecule has 1 fully saturated rings. The van der Waals surface area contributed by atoms with Crippen molar-refractivity contribution < 1.29 is 9.53 Å². The molecule has 1 rings (SSSR count). The molecule has 16 heavy (non-hydrogen) atoms. The minimum Gasteiger partial charge on any atom is -0.465 e. The maximum atomic E-state index is 11.7. The maximum absolute atomic E-state index is 11.7. The van der Waals surface area contributed by atoms with Crippen LogP contribution in [0, 0.1) is 11.8 Å². The van der Waals surface area contributed by atoms with E-state index in [2.05, 4.69) is 6.92 Å². The number of hydrogen-bond acceptors (Lipinski definition) is 3. The average Bonchev–Trinajstić information content (AvgIpc) is 2.34. The molecule has 2 N–H and O–H groups in total. The van der Waals surface area contributed by atoms with Gasteiger partial charge in [-0.3, -0.25) is 4.79 Å². The monoisotopic (exact) mass is 227 g/mol. The largest absolute Gasteiger partial charge is 0.465 e. The van der Waals surface area contributed by atoms with E-state index in [9.17, 15) is 4.79 Å². The van der Waals surface area contributed by atoms with E-state index in [1.165, 1.54) is 32.1 Å². The summed E-state index contributed by atoms with van der Waals surface area (Å²) in [5, 5.41) is 0. The lowest BCUT2D eigenvalue weighted by Crippen LogP contribution is -2.27. The van der Waals surface area contributed by atoms with E-state index < -0.39 is 0 Å². The van der Waals surface area contributed by atoms with Gasteiger partial charge in [-0.15, -0.1) is 0 Å². The minimum atomic E-state index is -0.0893. The standard InChI is InChI=1S/C13H25NO2/c1-2-6-12(9-14)13(15)16-10-11-7-4-3-5-8-11/h11-12H,2-10,14H2,1H3. The summed E-state index contributed by atoms with van der Waals surface area (Å²) in [5.41, 5.74) is 5.57. The first-order valence-electron chi connectivity index (χ1n) is 6.64. The predicted octanol–water partition coefficient (Wildman–Crippen LogP) is 2.48. The van der Waals surface area contributed by atoms with Crippen LogP contribution >= 0.6 is 0 Å². The molecule has 0 amide bonds. The van der Waals surface area contributed by atoms with Crippen molar-refractivity contribution in [3.05, 3.63) is 0 Å². The molecular weight excluding hydrogens is 202 g/mol. The summed E-state index contributed by atoms with van der Waals surface area (Å²) in [6, 6.07) is 0. The fourth-order valence-corrected chi connectivity index (χ4v) is 2.35. The molecule has 3 heteroatoms. The molecule has 0 spiro atoms. The fraction of sp³-hybridized carbons (Fsp3) is 0.923. The molecule has 0 aromatic carbocycles. The van der Waals surface area contributed by atoms with Crippen LogP contribution in [0.4, 0.5) is 0 Å². The highest BCUT2D eigenvalue weighted by Crippen LogP contribution is 2.24. The van der Waals surface area contributed by atoms with Crippen LogP contribution in [0.3, 0.4) is 0 Å². The van der Waals surface area contributed by atoms with Crippen molar-refractivity contribution in [2.45, 2.75) is 51.9 Å². The second-order valence-corrected chi connectivity index (χ2v) is 4.86. The Kier molecular flexibility index (Phi) is 6.46. The lowest BCUT2D eigenvalue weighted by molar-refractivity contribution is -0.150. The number of ether oxygens (including phenoxy) is 1. The van der Waals surface area contributed by atoms with Gasteiger partial charge in [0, 0.05) is 6.54 Å². The van der Waals surface area contributed by atoms with Gasteiger partial charge in [-0.25, -0.2) is 0 Å². The normalized spacial score (nSPS) is 19.4. The number of rotatable bonds is 6. The number of hydrogen-bond donors (Lipinski definition) is 1. The second kappa shape index (κ2) is 7.66. The van der Waals surface area contributed by atoms with Gasteiger partial charge in [0.25, 0.3) is 0 Å². The summed E-state index contributed by atoms with van der Waals surface area (Å²) in [5.74, 6) is 0.418. The molecular formula is C13H25NO2. The summed E-state index contributed by atoms with van der Waals surface area (Å²) < 4.78 is 5.37. The zero-order chi connectivity index (χ0) is 11.8. The van der Waals surface area contributed by atoms with Gasteiger partial charge in [-0.2, -0.15) is 0 Å². The maximum Gasteiger partial charge on any atom is 0.310 e. The Balaban J connectivity index is 2.21. The van der Waals surface area contributed by atoms with Crippen molar-refractivity contribution >= 4 is 5.97 Å². The lowest BCUT2D eigenvalue weighted by Gasteiger charge is -2.22. The van der Waals surface area contributed by atoms with Crippen LogP contribution in [0.15, 0.2) is 0 Å². The third-order valence-electron chi connectivity index (χ3n) is 3.44. The van der Waals surface area contributed by atoms with E-state index in [4.69, 9.17) is 10.5 Å². The van der Waals surface area contributed by atoms with Gasteiger partial charge in [0.2, 0.25) is 0 Å². The van der Waals surface area contributed by atoms with Crippen molar-refractivity contribution in [1.29, 1.82) is 0 Å². The first-order valence-corrected chi connectivity index (χ1v) is 6.64. The summed E-state index contributed by atoms with van der Waals surface area (Å²) in [4.78, 5) is 11.7. The third kappa shape index (κ3) is 4.52. The molecule has 3 nitrogen and oxygen atoms in total. The zero-order valence-corrected chi connectivity index (χ0v) is 10.4. The van der Waals surface area contributed by atoms with Crippen LogP contribution in [-0.4, -0.2) is 19.1 Å². The Morgan fingerprint density at radius 2 is 2.06 bits per heavy atom. The van der Waals surface area contributed by atoms with E-state index in [0.717, 1.165) is 12.8 Å². The SMILES string of the molecule is CCCC(CN)C(=O)OCC1CCCCC1. The van der Waals surface area contributed by atoms with Gasteiger partial charge < -0.3 is 10.5 Å². The number of carbonyl (C=O) groups excluding carboxylic acids is 1. The summed E-state index contributed by atoms with van der Waals surface area (Å²) in [6.45, 7) is 3.09. The number of esters is 1.